The summed E-state index contributed by atoms with van der Waals surface area (Å²) in [6.07, 6.45) is -6.77. The van der Waals surface area contributed by atoms with Gasteiger partial charge < -0.3 is 29.7 Å². The zero-order valence-electron chi connectivity index (χ0n) is 14.9. The van der Waals surface area contributed by atoms with Gasteiger partial charge in [0.25, 0.3) is 0 Å². The normalized spacial score (nSPS) is 27.4. The standard InChI is InChI=1S/C19H19ClN2O5S/c1-9-6-12(10-2-4-11(20)5-3-10)13(7-21)19(28)22(9)18-17(26)16(25)15(24)14(8-23)27-18/h2-6,14-18,23-26H,8H2,1H3/t14-,15-,16+,17-,18-/m1/s1. The summed E-state index contributed by atoms with van der Waals surface area (Å²) in [5.74, 6) is 0. The molecule has 4 N–H and O–H groups in total. The summed E-state index contributed by atoms with van der Waals surface area (Å²) >= 11 is 11.4. The Kier molecular flexibility index (Phi) is 6.17. The van der Waals surface area contributed by atoms with Crippen molar-refractivity contribution in [3.05, 3.63) is 51.3 Å². The van der Waals surface area contributed by atoms with Crippen molar-refractivity contribution in [2.75, 3.05) is 6.61 Å². The molecule has 9 heteroatoms. The van der Waals surface area contributed by atoms with Gasteiger partial charge in [-0.15, -0.1) is 0 Å². The first-order valence-electron chi connectivity index (χ1n) is 8.52. The second kappa shape index (κ2) is 8.27. The van der Waals surface area contributed by atoms with E-state index >= 15 is 0 Å². The Hall–Kier alpha value is -1.83. The van der Waals surface area contributed by atoms with Gasteiger partial charge in [0.05, 0.1) is 12.2 Å². The lowest BCUT2D eigenvalue weighted by molar-refractivity contribution is -0.252. The molecule has 0 aliphatic carbocycles. The molecule has 1 aliphatic rings. The Morgan fingerprint density at radius 2 is 1.82 bits per heavy atom. The molecule has 0 spiro atoms. The molecular weight excluding hydrogens is 404 g/mol. The van der Waals surface area contributed by atoms with Crippen molar-refractivity contribution >= 4 is 23.8 Å². The molecule has 2 heterocycles. The van der Waals surface area contributed by atoms with Crippen LogP contribution in [-0.2, 0) is 4.74 Å². The highest BCUT2D eigenvalue weighted by molar-refractivity contribution is 7.71. The fraction of sp³-hybridized carbons (Fsp3) is 0.368. The number of nitriles is 1. The second-order valence-corrected chi connectivity index (χ2v) is 7.41. The number of nitrogens with zero attached hydrogens (tertiary/aromatic N) is 2. The number of aryl methyl sites for hydroxylation is 1. The summed E-state index contributed by atoms with van der Waals surface area (Å²) in [5, 5.41) is 50.2. The molecule has 7 nitrogen and oxygen atoms in total. The van der Waals surface area contributed by atoms with Gasteiger partial charge in [0.1, 0.15) is 35.1 Å². The third-order valence-corrected chi connectivity index (χ3v) is 5.48. The number of ether oxygens (including phenoxy) is 1. The third kappa shape index (κ3) is 3.58. The van der Waals surface area contributed by atoms with Crippen molar-refractivity contribution < 1.29 is 25.2 Å². The minimum atomic E-state index is -1.54. The molecule has 28 heavy (non-hydrogen) atoms. The number of rotatable bonds is 3. The van der Waals surface area contributed by atoms with Gasteiger partial charge in [0.15, 0.2) is 6.23 Å². The lowest BCUT2D eigenvalue weighted by Crippen LogP contribution is -2.56. The lowest BCUT2D eigenvalue weighted by atomic mass is 9.97. The SMILES string of the molecule is Cc1cc(-c2ccc(Cl)cc2)c(C#N)c(=S)n1[C@@H]1O[C@H](CO)[C@@H](O)[C@H](O)[C@H]1O. The van der Waals surface area contributed by atoms with Crippen LogP contribution < -0.4 is 0 Å². The monoisotopic (exact) mass is 422 g/mol. The Bertz CT molecular complexity index is 970. The maximum absolute atomic E-state index is 10.4. The van der Waals surface area contributed by atoms with Crippen molar-refractivity contribution in [3.8, 4) is 17.2 Å². The van der Waals surface area contributed by atoms with Crippen molar-refractivity contribution in [1.82, 2.24) is 4.57 Å². The van der Waals surface area contributed by atoms with Gasteiger partial charge >= 0.3 is 0 Å². The van der Waals surface area contributed by atoms with E-state index < -0.39 is 37.3 Å². The number of pyridine rings is 1. The second-order valence-electron chi connectivity index (χ2n) is 6.59. The van der Waals surface area contributed by atoms with E-state index in [2.05, 4.69) is 6.07 Å². The minimum absolute atomic E-state index is 0.108. The van der Waals surface area contributed by atoms with Gasteiger partial charge in [0.2, 0.25) is 0 Å². The Morgan fingerprint density at radius 1 is 1.18 bits per heavy atom. The van der Waals surface area contributed by atoms with Crippen molar-refractivity contribution in [2.24, 2.45) is 0 Å². The molecule has 1 fully saturated rings. The van der Waals surface area contributed by atoms with E-state index in [0.29, 0.717) is 16.3 Å². The average molecular weight is 423 g/mol. The van der Waals surface area contributed by atoms with Gasteiger partial charge in [-0.3, -0.25) is 0 Å². The first-order valence-corrected chi connectivity index (χ1v) is 9.31. The molecular formula is C19H19ClN2O5S. The molecule has 0 amide bonds. The summed E-state index contributed by atoms with van der Waals surface area (Å²) in [4.78, 5) is 0. The number of aliphatic hydroxyl groups is 4. The lowest BCUT2D eigenvalue weighted by Gasteiger charge is -2.41. The van der Waals surface area contributed by atoms with E-state index in [0.717, 1.165) is 5.56 Å². The van der Waals surface area contributed by atoms with E-state index in [9.17, 15) is 25.7 Å². The number of aromatic nitrogens is 1. The summed E-state index contributed by atoms with van der Waals surface area (Å²) in [7, 11) is 0. The largest absolute Gasteiger partial charge is 0.394 e. The van der Waals surface area contributed by atoms with Crippen LogP contribution >= 0.6 is 23.8 Å². The van der Waals surface area contributed by atoms with Crippen LogP contribution in [0.2, 0.25) is 5.02 Å². The van der Waals surface area contributed by atoms with Gasteiger partial charge in [0, 0.05) is 16.3 Å². The molecule has 1 aromatic heterocycles. The molecule has 148 valence electrons. The quantitative estimate of drug-likeness (QED) is 0.556. The van der Waals surface area contributed by atoms with Crippen LogP contribution in [0, 0.1) is 22.9 Å². The molecule has 0 bridgehead atoms. The van der Waals surface area contributed by atoms with Gasteiger partial charge in [-0.05, 0) is 30.7 Å². The first-order chi connectivity index (χ1) is 13.3. The van der Waals surface area contributed by atoms with Gasteiger partial charge in [-0.25, -0.2) is 0 Å². The van der Waals surface area contributed by atoms with E-state index in [1.54, 1.807) is 37.3 Å². The highest BCUT2D eigenvalue weighted by Gasteiger charge is 2.44. The van der Waals surface area contributed by atoms with Crippen LogP contribution in [0.3, 0.4) is 0 Å². The van der Waals surface area contributed by atoms with Crippen molar-refractivity contribution in [2.45, 2.75) is 37.6 Å². The van der Waals surface area contributed by atoms with Crippen LogP contribution in [0.1, 0.15) is 17.5 Å². The molecule has 5 atom stereocenters. The number of halogens is 1. The third-order valence-electron chi connectivity index (χ3n) is 4.82. The molecule has 1 aliphatic heterocycles. The maximum Gasteiger partial charge on any atom is 0.164 e. The molecule has 0 radical (unpaired) electrons. The van der Waals surface area contributed by atoms with Crippen LogP contribution in [-0.4, -0.2) is 56.0 Å². The topological polar surface area (TPSA) is 119 Å². The zero-order valence-corrected chi connectivity index (χ0v) is 16.4. The van der Waals surface area contributed by atoms with E-state index in [-0.39, 0.29) is 10.2 Å². The first kappa shape index (κ1) is 20.9. The molecule has 1 aromatic carbocycles. The molecule has 2 aromatic rings. The van der Waals surface area contributed by atoms with Crippen molar-refractivity contribution in [3.63, 3.8) is 0 Å². The Labute approximate surface area is 171 Å². The number of hydrogen-bond donors (Lipinski definition) is 4. The smallest absolute Gasteiger partial charge is 0.164 e. The van der Waals surface area contributed by atoms with Crippen molar-refractivity contribution in [1.29, 1.82) is 5.26 Å². The molecule has 0 saturated carbocycles. The zero-order chi connectivity index (χ0) is 20.6. The maximum atomic E-state index is 10.4. The van der Waals surface area contributed by atoms with Gasteiger partial charge in [-0.2, -0.15) is 5.26 Å². The summed E-state index contributed by atoms with van der Waals surface area (Å²) < 4.78 is 7.12. The number of benzene rings is 1. The van der Waals surface area contributed by atoms with E-state index in [1.165, 1.54) is 4.57 Å². The minimum Gasteiger partial charge on any atom is -0.394 e. The highest BCUT2D eigenvalue weighted by atomic mass is 35.5. The fourth-order valence-electron chi connectivity index (χ4n) is 3.32. The molecule has 3 rings (SSSR count). The van der Waals surface area contributed by atoms with Gasteiger partial charge in [-0.1, -0.05) is 36.0 Å². The summed E-state index contributed by atoms with van der Waals surface area (Å²) in [6, 6.07) is 10.8. The average Bonchev–Trinajstić information content (AvgIpc) is 2.68. The van der Waals surface area contributed by atoms with Crippen LogP contribution in [0.4, 0.5) is 0 Å². The predicted molar refractivity (Wildman–Crippen MR) is 104 cm³/mol. The highest BCUT2D eigenvalue weighted by Crippen LogP contribution is 2.33. The fourth-order valence-corrected chi connectivity index (χ4v) is 3.85. The summed E-state index contributed by atoms with van der Waals surface area (Å²) in [6.45, 7) is 1.17. The molecule has 1 saturated heterocycles. The van der Waals surface area contributed by atoms with Crippen LogP contribution in [0.15, 0.2) is 30.3 Å². The number of hydrogen-bond acceptors (Lipinski definition) is 7. The predicted octanol–water partition coefficient (Wildman–Crippen LogP) is 1.69. The van der Waals surface area contributed by atoms with E-state index in [4.69, 9.17) is 28.6 Å². The number of aliphatic hydroxyl groups excluding tert-OH is 4. The summed E-state index contributed by atoms with van der Waals surface area (Å²) in [5.41, 5.74) is 2.11. The Morgan fingerprint density at radius 3 is 2.39 bits per heavy atom. The van der Waals surface area contributed by atoms with E-state index in [1.807, 2.05) is 0 Å². The van der Waals surface area contributed by atoms with Crippen LogP contribution in [0.25, 0.3) is 11.1 Å². The van der Waals surface area contributed by atoms with Crippen LogP contribution in [0.5, 0.6) is 0 Å². The Balaban J connectivity index is 2.14. The molecule has 0 unspecified atom stereocenters.